The molecule has 1 aromatic carbocycles. The molecule has 8 heteroatoms. The van der Waals surface area contributed by atoms with Crippen LogP contribution in [0.5, 0.6) is 0 Å². The number of hydrogen-bond acceptors (Lipinski definition) is 5. The van der Waals surface area contributed by atoms with Crippen LogP contribution in [0.25, 0.3) is 0 Å². The summed E-state index contributed by atoms with van der Waals surface area (Å²) in [6.07, 6.45) is 1.37. The number of carbonyl (C=O) groups is 2. The molecule has 154 valence electrons. The van der Waals surface area contributed by atoms with Gasteiger partial charge in [0.15, 0.2) is 5.13 Å². The van der Waals surface area contributed by atoms with E-state index in [2.05, 4.69) is 4.98 Å². The molecule has 0 spiro atoms. The lowest BCUT2D eigenvalue weighted by atomic mass is 10.1. The Morgan fingerprint density at radius 3 is 2.48 bits per heavy atom. The van der Waals surface area contributed by atoms with Gasteiger partial charge in [-0.3, -0.25) is 14.5 Å². The van der Waals surface area contributed by atoms with Gasteiger partial charge in [-0.1, -0.05) is 37.3 Å². The quantitative estimate of drug-likeness (QED) is 0.766. The van der Waals surface area contributed by atoms with Gasteiger partial charge >= 0.3 is 0 Å². The van der Waals surface area contributed by atoms with Crippen LogP contribution >= 0.6 is 11.3 Å². The Morgan fingerprint density at radius 2 is 1.86 bits per heavy atom. The second-order valence-corrected chi connectivity index (χ2v) is 8.72. The van der Waals surface area contributed by atoms with Crippen LogP contribution in [0.2, 0.25) is 0 Å². The van der Waals surface area contributed by atoms with Crippen molar-refractivity contribution < 1.29 is 14.0 Å². The second-order valence-electron chi connectivity index (χ2n) is 7.75. The molecule has 2 saturated heterocycles. The average molecular weight is 417 g/mol. The van der Waals surface area contributed by atoms with E-state index in [1.54, 1.807) is 17.0 Å². The van der Waals surface area contributed by atoms with E-state index >= 15 is 0 Å². The molecule has 2 amide bonds. The van der Waals surface area contributed by atoms with Gasteiger partial charge in [0.25, 0.3) is 5.91 Å². The first-order valence-corrected chi connectivity index (χ1v) is 10.9. The number of rotatable bonds is 4. The van der Waals surface area contributed by atoms with Crippen LogP contribution in [0.4, 0.5) is 15.2 Å². The summed E-state index contributed by atoms with van der Waals surface area (Å²) in [5.74, 6) is -0.114. The number of thiazole rings is 1. The topological polar surface area (TPSA) is 56.8 Å². The predicted molar refractivity (Wildman–Crippen MR) is 112 cm³/mol. The normalized spacial score (nSPS) is 17.5. The van der Waals surface area contributed by atoms with E-state index in [1.807, 2.05) is 29.7 Å². The van der Waals surface area contributed by atoms with Crippen LogP contribution in [0, 0.1) is 5.82 Å². The summed E-state index contributed by atoms with van der Waals surface area (Å²) in [7, 11) is 0. The summed E-state index contributed by atoms with van der Waals surface area (Å²) in [5, 5.41) is 0.629. The van der Waals surface area contributed by atoms with Gasteiger partial charge in [-0.05, 0) is 24.5 Å². The molecule has 0 aliphatic carbocycles. The van der Waals surface area contributed by atoms with Gasteiger partial charge in [0, 0.05) is 39.1 Å². The maximum atomic E-state index is 14.1. The van der Waals surface area contributed by atoms with Crippen molar-refractivity contribution in [1.82, 2.24) is 9.88 Å². The largest absolute Gasteiger partial charge is 0.366 e. The number of aromatic nitrogens is 1. The summed E-state index contributed by atoms with van der Waals surface area (Å²) in [6.45, 7) is 6.91. The Morgan fingerprint density at radius 1 is 1.14 bits per heavy atom. The van der Waals surface area contributed by atoms with Crippen LogP contribution in [-0.2, 0) is 4.79 Å². The Bertz CT molecular complexity index is 921. The van der Waals surface area contributed by atoms with E-state index in [9.17, 15) is 14.0 Å². The van der Waals surface area contributed by atoms with Crippen molar-refractivity contribution in [2.24, 2.45) is 0 Å². The zero-order valence-electron chi connectivity index (χ0n) is 16.7. The first-order valence-electron chi connectivity index (χ1n) is 10.1. The molecule has 0 saturated carbocycles. The van der Waals surface area contributed by atoms with Gasteiger partial charge in [0.1, 0.15) is 10.7 Å². The number of benzene rings is 1. The monoisotopic (exact) mass is 416 g/mol. The minimum absolute atomic E-state index is 0.0442. The summed E-state index contributed by atoms with van der Waals surface area (Å²) in [6, 6.07) is 6.73. The zero-order chi connectivity index (χ0) is 20.5. The molecule has 6 nitrogen and oxygen atoms in total. The summed E-state index contributed by atoms with van der Waals surface area (Å²) in [5.41, 5.74) is 1.33. The molecule has 0 N–H and O–H groups in total. The summed E-state index contributed by atoms with van der Waals surface area (Å²) < 4.78 is 14.1. The van der Waals surface area contributed by atoms with E-state index in [0.29, 0.717) is 54.8 Å². The molecule has 2 aliphatic heterocycles. The van der Waals surface area contributed by atoms with Crippen LogP contribution < -0.4 is 9.80 Å². The number of carbonyl (C=O) groups excluding carboxylic acids is 2. The third-order valence-corrected chi connectivity index (χ3v) is 6.53. The number of nitrogens with zero attached hydrogens (tertiary/aromatic N) is 4. The maximum Gasteiger partial charge on any atom is 0.266 e. The smallest absolute Gasteiger partial charge is 0.266 e. The van der Waals surface area contributed by atoms with Gasteiger partial charge in [-0.15, -0.1) is 0 Å². The molecule has 29 heavy (non-hydrogen) atoms. The number of halogens is 1. The molecule has 4 rings (SSSR count). The molecule has 3 heterocycles. The molecule has 1 aromatic heterocycles. The number of para-hydroxylation sites is 1. The highest BCUT2D eigenvalue weighted by Crippen LogP contribution is 2.34. The van der Waals surface area contributed by atoms with Crippen molar-refractivity contribution in [2.75, 3.05) is 42.5 Å². The Labute approximate surface area is 173 Å². The highest BCUT2D eigenvalue weighted by molar-refractivity contribution is 7.17. The molecule has 0 atom stereocenters. The van der Waals surface area contributed by atoms with Gasteiger partial charge in [0.05, 0.1) is 11.4 Å². The molecule has 2 aliphatic rings. The average Bonchev–Trinajstić information content (AvgIpc) is 3.34. The van der Waals surface area contributed by atoms with Crippen molar-refractivity contribution in [3.63, 3.8) is 0 Å². The fraction of sp³-hybridized carbons (Fsp3) is 0.476. The first kappa shape index (κ1) is 19.8. The van der Waals surface area contributed by atoms with Crippen LogP contribution in [-0.4, -0.2) is 54.4 Å². The van der Waals surface area contributed by atoms with Crippen molar-refractivity contribution in [3.8, 4) is 0 Å². The van der Waals surface area contributed by atoms with Crippen molar-refractivity contribution >= 4 is 34.0 Å². The molecular weight excluding hydrogens is 391 g/mol. The SMILES string of the molecule is CC(C)c1nc(N2CCCC2=O)sc1C(=O)N1CCN(c2ccccc2F)CC1. The lowest BCUT2D eigenvalue weighted by molar-refractivity contribution is -0.117. The maximum absolute atomic E-state index is 14.1. The van der Waals surface area contributed by atoms with Gasteiger partial charge in [0.2, 0.25) is 5.91 Å². The number of amides is 2. The lowest BCUT2D eigenvalue weighted by Crippen LogP contribution is -2.49. The zero-order valence-corrected chi connectivity index (χ0v) is 17.5. The predicted octanol–water partition coefficient (Wildman–Crippen LogP) is 3.49. The summed E-state index contributed by atoms with van der Waals surface area (Å²) in [4.78, 5) is 36.1. The molecule has 0 bridgehead atoms. The summed E-state index contributed by atoms with van der Waals surface area (Å²) >= 11 is 1.32. The van der Waals surface area contributed by atoms with Crippen molar-refractivity contribution in [2.45, 2.75) is 32.6 Å². The minimum atomic E-state index is -0.239. The van der Waals surface area contributed by atoms with E-state index in [0.717, 1.165) is 12.1 Å². The molecule has 0 radical (unpaired) electrons. The second kappa shape index (κ2) is 8.10. The van der Waals surface area contributed by atoms with Gasteiger partial charge in [-0.2, -0.15) is 0 Å². The standard InChI is InChI=1S/C21H25FN4O2S/c1-14(2)18-19(29-21(23-18)26-9-5-8-17(26)27)20(28)25-12-10-24(11-13-25)16-7-4-3-6-15(16)22/h3-4,6-7,14H,5,8-13H2,1-2H3. The first-order chi connectivity index (χ1) is 14.0. The van der Waals surface area contributed by atoms with E-state index in [1.165, 1.54) is 17.4 Å². The third kappa shape index (κ3) is 3.85. The highest BCUT2D eigenvalue weighted by Gasteiger charge is 2.31. The van der Waals surface area contributed by atoms with Crippen molar-refractivity contribution in [1.29, 1.82) is 0 Å². The minimum Gasteiger partial charge on any atom is -0.366 e. The highest BCUT2D eigenvalue weighted by atomic mass is 32.1. The van der Waals surface area contributed by atoms with Gasteiger partial charge < -0.3 is 9.80 Å². The molecular formula is C21H25FN4O2S. The fourth-order valence-corrected chi connectivity index (χ4v) is 5.06. The van der Waals surface area contributed by atoms with E-state index in [4.69, 9.17) is 0 Å². The third-order valence-electron chi connectivity index (χ3n) is 5.45. The Kier molecular flexibility index (Phi) is 5.54. The molecule has 2 aromatic rings. The van der Waals surface area contributed by atoms with E-state index in [-0.39, 0.29) is 23.5 Å². The van der Waals surface area contributed by atoms with Crippen LogP contribution in [0.1, 0.15) is 48.0 Å². The number of hydrogen-bond donors (Lipinski definition) is 0. The van der Waals surface area contributed by atoms with Crippen molar-refractivity contribution in [3.05, 3.63) is 40.7 Å². The molecule has 0 unspecified atom stereocenters. The lowest BCUT2D eigenvalue weighted by Gasteiger charge is -2.36. The Balaban J connectivity index is 1.50. The van der Waals surface area contributed by atoms with Crippen LogP contribution in [0.15, 0.2) is 24.3 Å². The van der Waals surface area contributed by atoms with Gasteiger partial charge in [-0.25, -0.2) is 9.37 Å². The number of piperazine rings is 1. The van der Waals surface area contributed by atoms with Crippen LogP contribution in [0.3, 0.4) is 0 Å². The Hall–Kier alpha value is -2.48. The van der Waals surface area contributed by atoms with E-state index < -0.39 is 0 Å². The molecule has 2 fully saturated rings. The number of anilines is 2. The fourth-order valence-electron chi connectivity index (χ4n) is 3.83.